The van der Waals surface area contributed by atoms with Gasteiger partial charge in [0.15, 0.2) is 5.96 Å². The molecule has 1 atom stereocenters. The Morgan fingerprint density at radius 1 is 1.19 bits per heavy atom. The highest BCUT2D eigenvalue weighted by molar-refractivity contribution is 7.85. The zero-order chi connectivity index (χ0) is 15.5. The fraction of sp³-hybridized carbons (Fsp3) is 0.562. The fourth-order valence-corrected chi connectivity index (χ4v) is 2.98. The Morgan fingerprint density at radius 3 is 2.43 bits per heavy atom. The van der Waals surface area contributed by atoms with Crippen LogP contribution in [-0.4, -0.2) is 36.1 Å². The van der Waals surface area contributed by atoms with Crippen LogP contribution in [0.3, 0.4) is 0 Å². The van der Waals surface area contributed by atoms with E-state index < -0.39 is 10.8 Å². The maximum atomic E-state index is 12.1. The van der Waals surface area contributed by atoms with Gasteiger partial charge in [0.1, 0.15) is 0 Å². The van der Waals surface area contributed by atoms with Gasteiger partial charge in [-0.1, -0.05) is 44.9 Å². The molecule has 118 valence electrons. The molecule has 0 radical (unpaired) electrons. The summed E-state index contributed by atoms with van der Waals surface area (Å²) in [6.45, 7) is 5.97. The molecule has 0 aliphatic heterocycles. The topological polar surface area (TPSA) is 53.5 Å². The van der Waals surface area contributed by atoms with Gasteiger partial charge in [-0.25, -0.2) is 0 Å². The van der Waals surface area contributed by atoms with E-state index in [1.54, 1.807) is 7.05 Å². The molecule has 0 fully saturated rings. The van der Waals surface area contributed by atoms with Crippen molar-refractivity contribution in [2.75, 3.05) is 25.9 Å². The van der Waals surface area contributed by atoms with Crippen LogP contribution in [0, 0.1) is 5.92 Å². The summed E-state index contributed by atoms with van der Waals surface area (Å²) in [4.78, 5) is 5.07. The Kier molecular flexibility index (Phi) is 8.74. The van der Waals surface area contributed by atoms with Gasteiger partial charge >= 0.3 is 0 Å². The standard InChI is InChI=1S/C16H27N3OS/c1-4-14(5-2)13-19-16(17-3)18-11-12-21(20)15-9-7-6-8-10-15/h6-10,14H,4-5,11-13H2,1-3H3,(H2,17,18,19). The summed E-state index contributed by atoms with van der Waals surface area (Å²) in [6.07, 6.45) is 2.33. The van der Waals surface area contributed by atoms with Gasteiger partial charge in [0.2, 0.25) is 0 Å². The van der Waals surface area contributed by atoms with Crippen LogP contribution in [-0.2, 0) is 10.8 Å². The van der Waals surface area contributed by atoms with Crippen LogP contribution in [0.25, 0.3) is 0 Å². The van der Waals surface area contributed by atoms with Gasteiger partial charge in [0, 0.05) is 30.8 Å². The van der Waals surface area contributed by atoms with E-state index in [0.717, 1.165) is 17.4 Å². The van der Waals surface area contributed by atoms with Crippen molar-refractivity contribution in [2.45, 2.75) is 31.6 Å². The summed E-state index contributed by atoms with van der Waals surface area (Å²) in [5.41, 5.74) is 0. The lowest BCUT2D eigenvalue weighted by Gasteiger charge is -2.16. The van der Waals surface area contributed by atoms with Crippen LogP contribution in [0.4, 0.5) is 0 Å². The van der Waals surface area contributed by atoms with Crippen molar-refractivity contribution >= 4 is 16.8 Å². The Hall–Kier alpha value is -1.36. The minimum Gasteiger partial charge on any atom is -0.356 e. The maximum absolute atomic E-state index is 12.1. The van der Waals surface area contributed by atoms with Gasteiger partial charge in [0.05, 0.1) is 10.8 Å². The fourth-order valence-electron chi connectivity index (χ4n) is 1.99. The van der Waals surface area contributed by atoms with Gasteiger partial charge < -0.3 is 10.6 Å². The molecule has 0 saturated heterocycles. The third kappa shape index (κ3) is 6.76. The number of hydrogen-bond acceptors (Lipinski definition) is 2. The van der Waals surface area contributed by atoms with Crippen LogP contribution in [0.5, 0.6) is 0 Å². The van der Waals surface area contributed by atoms with Crippen molar-refractivity contribution < 1.29 is 4.21 Å². The summed E-state index contributed by atoms with van der Waals surface area (Å²) in [5, 5.41) is 6.54. The molecule has 0 aliphatic rings. The molecule has 0 amide bonds. The number of aliphatic imine (C=N–C) groups is 1. The van der Waals surface area contributed by atoms with Crippen molar-refractivity contribution in [3.8, 4) is 0 Å². The minimum atomic E-state index is -0.963. The van der Waals surface area contributed by atoms with Crippen LogP contribution in [0.2, 0.25) is 0 Å². The first kappa shape index (κ1) is 17.7. The molecule has 5 heteroatoms. The van der Waals surface area contributed by atoms with Crippen LogP contribution < -0.4 is 10.6 Å². The molecule has 0 bridgehead atoms. The molecule has 21 heavy (non-hydrogen) atoms. The average molecular weight is 309 g/mol. The van der Waals surface area contributed by atoms with Gasteiger partial charge in [-0.15, -0.1) is 0 Å². The molecule has 0 saturated carbocycles. The van der Waals surface area contributed by atoms with Crippen molar-refractivity contribution in [1.82, 2.24) is 10.6 Å². The van der Waals surface area contributed by atoms with Gasteiger partial charge in [0.25, 0.3) is 0 Å². The third-order valence-corrected chi connectivity index (χ3v) is 4.90. The van der Waals surface area contributed by atoms with Crippen molar-refractivity contribution in [3.63, 3.8) is 0 Å². The molecular formula is C16H27N3OS. The van der Waals surface area contributed by atoms with E-state index in [2.05, 4.69) is 29.5 Å². The largest absolute Gasteiger partial charge is 0.356 e. The molecule has 0 aromatic heterocycles. The van der Waals surface area contributed by atoms with E-state index in [-0.39, 0.29) is 0 Å². The maximum Gasteiger partial charge on any atom is 0.191 e. The van der Waals surface area contributed by atoms with E-state index in [4.69, 9.17) is 0 Å². The molecule has 1 unspecified atom stereocenters. The highest BCUT2D eigenvalue weighted by Gasteiger charge is 2.06. The van der Waals surface area contributed by atoms with E-state index >= 15 is 0 Å². The predicted molar refractivity (Wildman–Crippen MR) is 91.2 cm³/mol. The summed E-state index contributed by atoms with van der Waals surface area (Å²) < 4.78 is 12.1. The SMILES string of the molecule is CCC(CC)CNC(=NC)NCCS(=O)c1ccccc1. The highest BCUT2D eigenvalue weighted by Crippen LogP contribution is 2.05. The molecule has 1 aromatic rings. The predicted octanol–water partition coefficient (Wildman–Crippen LogP) is 2.40. The number of nitrogens with one attached hydrogen (secondary N) is 2. The second-order valence-electron chi connectivity index (χ2n) is 4.93. The van der Waals surface area contributed by atoms with Gasteiger partial charge in [-0.3, -0.25) is 9.20 Å². The van der Waals surface area contributed by atoms with Crippen molar-refractivity contribution in [1.29, 1.82) is 0 Å². The Labute approximate surface area is 130 Å². The van der Waals surface area contributed by atoms with E-state index in [1.165, 1.54) is 12.8 Å². The molecule has 0 heterocycles. The molecule has 0 aliphatic carbocycles. The van der Waals surface area contributed by atoms with Gasteiger partial charge in [-0.05, 0) is 18.1 Å². The molecular weight excluding hydrogens is 282 g/mol. The summed E-state index contributed by atoms with van der Waals surface area (Å²) in [5.74, 6) is 2.03. The average Bonchev–Trinajstić information content (AvgIpc) is 2.54. The van der Waals surface area contributed by atoms with Crippen LogP contribution in [0.15, 0.2) is 40.2 Å². The van der Waals surface area contributed by atoms with Crippen LogP contribution >= 0.6 is 0 Å². The van der Waals surface area contributed by atoms with E-state index in [0.29, 0.717) is 18.2 Å². The minimum absolute atomic E-state index is 0.579. The quantitative estimate of drug-likeness (QED) is 0.573. The lowest BCUT2D eigenvalue weighted by molar-refractivity contribution is 0.481. The number of guanidine groups is 1. The van der Waals surface area contributed by atoms with E-state index in [1.807, 2.05) is 30.3 Å². The van der Waals surface area contributed by atoms with Gasteiger partial charge in [-0.2, -0.15) is 0 Å². The molecule has 0 spiro atoms. The summed E-state index contributed by atoms with van der Waals surface area (Å²) in [6, 6.07) is 9.56. The zero-order valence-electron chi connectivity index (χ0n) is 13.3. The van der Waals surface area contributed by atoms with Crippen LogP contribution in [0.1, 0.15) is 26.7 Å². The zero-order valence-corrected chi connectivity index (χ0v) is 14.1. The molecule has 1 aromatic carbocycles. The normalized spacial score (nSPS) is 13.2. The van der Waals surface area contributed by atoms with Crippen molar-refractivity contribution in [3.05, 3.63) is 30.3 Å². The Morgan fingerprint density at radius 2 is 1.86 bits per heavy atom. The highest BCUT2D eigenvalue weighted by atomic mass is 32.2. The van der Waals surface area contributed by atoms with E-state index in [9.17, 15) is 4.21 Å². The smallest absolute Gasteiger partial charge is 0.191 e. The number of hydrogen-bond donors (Lipinski definition) is 2. The molecule has 2 N–H and O–H groups in total. The Bertz CT molecular complexity index is 444. The lowest BCUT2D eigenvalue weighted by Crippen LogP contribution is -2.41. The molecule has 4 nitrogen and oxygen atoms in total. The first-order chi connectivity index (χ1) is 10.2. The number of nitrogens with zero attached hydrogens (tertiary/aromatic N) is 1. The second kappa shape index (κ2) is 10.4. The Balaban J connectivity index is 2.31. The van der Waals surface area contributed by atoms with Crippen molar-refractivity contribution in [2.24, 2.45) is 10.9 Å². The summed E-state index contributed by atoms with van der Waals surface area (Å²) >= 11 is 0. The summed E-state index contributed by atoms with van der Waals surface area (Å²) in [7, 11) is 0.797. The second-order valence-corrected chi connectivity index (χ2v) is 6.50. The first-order valence-corrected chi connectivity index (χ1v) is 8.91. The third-order valence-electron chi connectivity index (χ3n) is 3.52. The first-order valence-electron chi connectivity index (χ1n) is 7.59. The monoisotopic (exact) mass is 309 g/mol. The lowest BCUT2D eigenvalue weighted by atomic mass is 10.0. The number of benzene rings is 1. The molecule has 1 rings (SSSR count). The number of rotatable bonds is 8.